The summed E-state index contributed by atoms with van der Waals surface area (Å²) in [5.74, 6) is -2.65. The molecule has 16 heteroatoms. The lowest BCUT2D eigenvalue weighted by molar-refractivity contribution is -0.201. The van der Waals surface area contributed by atoms with Crippen LogP contribution in [0.25, 0.3) is 0 Å². The minimum atomic E-state index is -5.25. The standard InChI is InChI=1S/C17H16F6N6O3S/c1-8(24-4-9-2-3-10(25-5-9)16(18,19)20)6-28-13-11(12(30)27-15(28)33)26-7-29(13)32-14(31)17(21,22)23/h2-3,5,8,24,26H,4,6-7H2,1H3,(H,27,30,33). The highest BCUT2D eigenvalue weighted by Crippen LogP contribution is 2.30. The molecule has 0 amide bonds. The molecule has 0 aromatic carbocycles. The Hall–Kier alpha value is -3.14. The zero-order valence-corrected chi connectivity index (χ0v) is 17.5. The van der Waals surface area contributed by atoms with E-state index >= 15 is 0 Å². The number of rotatable bonds is 6. The second kappa shape index (κ2) is 9.01. The molecule has 1 unspecified atom stereocenters. The molecular weight excluding hydrogens is 482 g/mol. The number of carbonyl (C=O) groups excluding carboxylic acids is 1. The van der Waals surface area contributed by atoms with Crippen molar-refractivity contribution in [3.8, 4) is 0 Å². The van der Waals surface area contributed by atoms with Crippen molar-refractivity contribution < 1.29 is 36.0 Å². The average Bonchev–Trinajstić information content (AvgIpc) is 3.12. The summed E-state index contributed by atoms with van der Waals surface area (Å²) >= 11 is 5.11. The van der Waals surface area contributed by atoms with Crippen LogP contribution >= 0.6 is 12.2 Å². The first kappa shape index (κ1) is 24.5. The van der Waals surface area contributed by atoms with Crippen LogP contribution in [0.1, 0.15) is 18.2 Å². The van der Waals surface area contributed by atoms with E-state index in [1.54, 1.807) is 6.92 Å². The van der Waals surface area contributed by atoms with Gasteiger partial charge in [0.2, 0.25) is 0 Å². The third kappa shape index (κ3) is 5.62. The van der Waals surface area contributed by atoms with E-state index in [4.69, 9.17) is 12.2 Å². The van der Waals surface area contributed by atoms with Gasteiger partial charge in [-0.2, -0.15) is 31.4 Å². The molecule has 0 saturated carbocycles. The Bertz CT molecular complexity index is 1140. The van der Waals surface area contributed by atoms with Crippen molar-refractivity contribution in [3.05, 3.63) is 44.7 Å². The summed E-state index contributed by atoms with van der Waals surface area (Å²) in [7, 11) is 0. The van der Waals surface area contributed by atoms with Crippen LogP contribution in [0, 0.1) is 4.77 Å². The van der Waals surface area contributed by atoms with Crippen LogP contribution in [-0.2, 0) is 28.9 Å². The maximum Gasteiger partial charge on any atom is 0.493 e. The molecule has 2 aromatic heterocycles. The third-order valence-corrected chi connectivity index (χ3v) is 4.78. The molecule has 3 N–H and O–H groups in total. The van der Waals surface area contributed by atoms with Crippen LogP contribution < -0.4 is 21.3 Å². The number of fused-ring (bicyclic) bond motifs is 1. The molecule has 0 fully saturated rings. The van der Waals surface area contributed by atoms with Gasteiger partial charge in [0.15, 0.2) is 10.6 Å². The molecular formula is C17H16F6N6O3S. The molecule has 1 aliphatic heterocycles. The van der Waals surface area contributed by atoms with Gasteiger partial charge >= 0.3 is 18.3 Å². The van der Waals surface area contributed by atoms with Gasteiger partial charge < -0.3 is 15.5 Å². The number of H-pyrrole nitrogens is 1. The molecule has 180 valence electrons. The van der Waals surface area contributed by atoms with Crippen molar-refractivity contribution >= 4 is 29.7 Å². The normalized spacial score (nSPS) is 14.6. The molecule has 0 radical (unpaired) electrons. The molecule has 0 aliphatic carbocycles. The van der Waals surface area contributed by atoms with Crippen LogP contribution in [0.15, 0.2) is 23.1 Å². The number of aromatic amines is 1. The van der Waals surface area contributed by atoms with E-state index < -0.39 is 42.3 Å². The second-order valence-corrected chi connectivity index (χ2v) is 7.38. The van der Waals surface area contributed by atoms with Crippen LogP contribution in [-0.4, -0.2) is 39.4 Å². The SMILES string of the molecule is CC(Cn1c2c(c(=O)[nH]c1=S)NCN2OC(=O)C(F)(F)F)NCc1ccc(C(F)(F)F)nc1. The molecule has 0 spiro atoms. The van der Waals surface area contributed by atoms with Gasteiger partial charge in [0.1, 0.15) is 18.1 Å². The van der Waals surface area contributed by atoms with Gasteiger partial charge in [0, 0.05) is 25.3 Å². The van der Waals surface area contributed by atoms with E-state index in [-0.39, 0.29) is 29.4 Å². The zero-order valence-electron chi connectivity index (χ0n) is 16.7. The Morgan fingerprint density at radius 1 is 1.30 bits per heavy atom. The Morgan fingerprint density at radius 3 is 2.58 bits per heavy atom. The first-order valence-corrected chi connectivity index (χ1v) is 9.61. The van der Waals surface area contributed by atoms with Gasteiger partial charge in [0.05, 0.1) is 0 Å². The molecule has 0 bridgehead atoms. The molecule has 33 heavy (non-hydrogen) atoms. The second-order valence-electron chi connectivity index (χ2n) is 6.99. The zero-order chi connectivity index (χ0) is 24.6. The van der Waals surface area contributed by atoms with Crippen molar-refractivity contribution in [2.75, 3.05) is 17.0 Å². The number of hydrogen-bond acceptors (Lipinski definition) is 8. The van der Waals surface area contributed by atoms with E-state index in [2.05, 4.69) is 25.4 Å². The van der Waals surface area contributed by atoms with Gasteiger partial charge in [-0.25, -0.2) is 4.79 Å². The monoisotopic (exact) mass is 498 g/mol. The topological polar surface area (TPSA) is 104 Å². The third-order valence-electron chi connectivity index (χ3n) is 4.46. The van der Waals surface area contributed by atoms with Crippen LogP contribution in [0.3, 0.4) is 0 Å². The van der Waals surface area contributed by atoms with Gasteiger partial charge in [-0.1, -0.05) is 6.07 Å². The minimum absolute atomic E-state index is 0.00770. The minimum Gasteiger partial charge on any atom is -0.357 e. The number of pyridine rings is 1. The summed E-state index contributed by atoms with van der Waals surface area (Å²) in [6.07, 6.45) is -8.75. The van der Waals surface area contributed by atoms with E-state index in [1.807, 2.05) is 0 Å². The van der Waals surface area contributed by atoms with Crippen molar-refractivity contribution in [1.29, 1.82) is 0 Å². The van der Waals surface area contributed by atoms with E-state index in [9.17, 15) is 35.9 Å². The molecule has 2 aromatic rings. The molecule has 1 aliphatic rings. The van der Waals surface area contributed by atoms with Crippen molar-refractivity contribution in [2.24, 2.45) is 0 Å². The van der Waals surface area contributed by atoms with E-state index in [0.29, 0.717) is 10.6 Å². The maximum absolute atomic E-state index is 12.6. The highest BCUT2D eigenvalue weighted by Gasteiger charge is 2.44. The fourth-order valence-corrected chi connectivity index (χ4v) is 3.18. The fraction of sp³-hybridized carbons (Fsp3) is 0.412. The van der Waals surface area contributed by atoms with Gasteiger partial charge in [0.25, 0.3) is 5.56 Å². The number of nitrogens with one attached hydrogen (secondary N) is 3. The van der Waals surface area contributed by atoms with Gasteiger partial charge in [-0.15, -0.1) is 0 Å². The number of nitrogens with zero attached hydrogens (tertiary/aromatic N) is 3. The number of anilines is 2. The predicted octanol–water partition coefficient (Wildman–Crippen LogP) is 2.71. The summed E-state index contributed by atoms with van der Waals surface area (Å²) < 4.78 is 76.8. The fourth-order valence-electron chi connectivity index (χ4n) is 2.93. The molecule has 9 nitrogen and oxygen atoms in total. The number of halogens is 6. The van der Waals surface area contributed by atoms with Crippen molar-refractivity contribution in [2.45, 2.75) is 38.4 Å². The number of alkyl halides is 6. The maximum atomic E-state index is 12.6. The lowest BCUT2D eigenvalue weighted by Gasteiger charge is -2.23. The van der Waals surface area contributed by atoms with Crippen LogP contribution in [0.4, 0.5) is 37.8 Å². The number of hydroxylamine groups is 1. The van der Waals surface area contributed by atoms with Crippen LogP contribution in [0.5, 0.6) is 0 Å². The van der Waals surface area contributed by atoms with Crippen LogP contribution in [0.2, 0.25) is 0 Å². The lowest BCUT2D eigenvalue weighted by Crippen LogP contribution is -2.37. The molecule has 3 heterocycles. The van der Waals surface area contributed by atoms with Crippen molar-refractivity contribution in [1.82, 2.24) is 19.9 Å². The largest absolute Gasteiger partial charge is 0.493 e. The summed E-state index contributed by atoms with van der Waals surface area (Å²) in [5.41, 5.74) is -1.44. The summed E-state index contributed by atoms with van der Waals surface area (Å²) in [4.78, 5) is 33.5. The Balaban J connectivity index is 1.76. The highest BCUT2D eigenvalue weighted by molar-refractivity contribution is 7.71. The Morgan fingerprint density at radius 2 is 2.00 bits per heavy atom. The van der Waals surface area contributed by atoms with E-state index in [0.717, 1.165) is 12.3 Å². The molecule has 3 rings (SSSR count). The quantitative estimate of drug-likeness (QED) is 0.413. The predicted molar refractivity (Wildman–Crippen MR) is 105 cm³/mol. The molecule has 1 atom stereocenters. The first-order chi connectivity index (χ1) is 15.3. The summed E-state index contributed by atoms with van der Waals surface area (Å²) in [5, 5.41) is 6.12. The van der Waals surface area contributed by atoms with Gasteiger partial charge in [-0.05, 0) is 30.8 Å². The number of aromatic nitrogens is 3. The van der Waals surface area contributed by atoms with Crippen molar-refractivity contribution in [3.63, 3.8) is 0 Å². The summed E-state index contributed by atoms with van der Waals surface area (Å²) in [6.45, 7) is 1.38. The summed E-state index contributed by atoms with van der Waals surface area (Å²) in [6, 6.07) is 1.65. The average molecular weight is 498 g/mol. The smallest absolute Gasteiger partial charge is 0.357 e. The number of hydrogen-bond donors (Lipinski definition) is 3. The lowest BCUT2D eigenvalue weighted by atomic mass is 10.2. The van der Waals surface area contributed by atoms with Gasteiger partial charge in [-0.3, -0.25) is 19.3 Å². The Labute approximate surface area is 186 Å². The van der Waals surface area contributed by atoms with E-state index in [1.165, 1.54) is 10.6 Å². The highest BCUT2D eigenvalue weighted by atomic mass is 32.1. The first-order valence-electron chi connectivity index (χ1n) is 9.20. The molecule has 0 saturated heterocycles. The Kier molecular flexibility index (Phi) is 6.69. The number of carbonyl (C=O) groups is 1.